The van der Waals surface area contributed by atoms with Crippen molar-refractivity contribution in [3.63, 3.8) is 0 Å². The summed E-state index contributed by atoms with van der Waals surface area (Å²) >= 11 is 0. The second kappa shape index (κ2) is 7.90. The Morgan fingerprint density at radius 1 is 1.25 bits per heavy atom. The van der Waals surface area contributed by atoms with E-state index in [4.69, 9.17) is 0 Å². The Kier molecular flexibility index (Phi) is 5.41. The summed E-state index contributed by atoms with van der Waals surface area (Å²) in [6.45, 7) is 1.72. The van der Waals surface area contributed by atoms with Crippen molar-refractivity contribution in [2.24, 2.45) is 0 Å². The number of aryl methyl sites for hydroxylation is 1. The van der Waals surface area contributed by atoms with E-state index in [9.17, 15) is 9.18 Å². The number of pyridine rings is 1. The zero-order valence-corrected chi connectivity index (χ0v) is 13.6. The highest BCUT2D eigenvalue weighted by atomic mass is 19.1. The van der Waals surface area contributed by atoms with Crippen LogP contribution in [0.5, 0.6) is 0 Å². The Bertz CT molecular complexity index is 677. The van der Waals surface area contributed by atoms with E-state index in [0.29, 0.717) is 18.4 Å². The third-order valence-electron chi connectivity index (χ3n) is 4.34. The molecule has 1 aromatic heterocycles. The van der Waals surface area contributed by atoms with Crippen molar-refractivity contribution in [2.45, 2.75) is 31.7 Å². The number of hydrogen-bond donors (Lipinski definition) is 1. The van der Waals surface area contributed by atoms with Gasteiger partial charge in [0.15, 0.2) is 0 Å². The molecule has 1 amide bonds. The number of carbonyl (C=O) groups excluding carboxylic acids is 1. The van der Waals surface area contributed by atoms with Crippen LogP contribution in [0.2, 0.25) is 0 Å². The smallest absolute Gasteiger partial charge is 0.220 e. The summed E-state index contributed by atoms with van der Waals surface area (Å²) in [5.74, 6) is 0.679. The van der Waals surface area contributed by atoms with Gasteiger partial charge in [0.2, 0.25) is 5.91 Å². The number of nitrogens with zero attached hydrogens (tertiary/aromatic N) is 2. The van der Waals surface area contributed by atoms with Gasteiger partial charge in [0.1, 0.15) is 11.6 Å². The molecule has 2 heterocycles. The van der Waals surface area contributed by atoms with Crippen molar-refractivity contribution in [2.75, 3.05) is 18.0 Å². The first kappa shape index (κ1) is 16.4. The van der Waals surface area contributed by atoms with Crippen LogP contribution in [0.4, 0.5) is 10.2 Å². The topological polar surface area (TPSA) is 45.2 Å². The first-order chi connectivity index (χ1) is 11.7. The van der Waals surface area contributed by atoms with Gasteiger partial charge in [-0.25, -0.2) is 9.37 Å². The molecule has 0 radical (unpaired) electrons. The number of hydrogen-bond acceptors (Lipinski definition) is 3. The Balaban J connectivity index is 1.50. The molecule has 1 aliphatic heterocycles. The Morgan fingerprint density at radius 2 is 2.08 bits per heavy atom. The molecule has 5 heteroatoms. The molecule has 1 aliphatic rings. The SMILES string of the molecule is O=C(CCc1ccccc1F)N[C@@H]1CCCN(c2ccccn2)C1. The van der Waals surface area contributed by atoms with Gasteiger partial charge in [0, 0.05) is 31.7 Å². The van der Waals surface area contributed by atoms with Crippen molar-refractivity contribution in [1.29, 1.82) is 0 Å². The minimum Gasteiger partial charge on any atom is -0.355 e. The molecule has 0 unspecified atom stereocenters. The number of rotatable bonds is 5. The number of anilines is 1. The average Bonchev–Trinajstić information content (AvgIpc) is 2.62. The number of halogens is 1. The molecule has 0 spiro atoms. The van der Waals surface area contributed by atoms with E-state index < -0.39 is 0 Å². The molecule has 126 valence electrons. The lowest BCUT2D eigenvalue weighted by atomic mass is 10.0. The molecular weight excluding hydrogens is 305 g/mol. The van der Waals surface area contributed by atoms with Crippen LogP contribution in [-0.4, -0.2) is 30.0 Å². The number of nitrogens with one attached hydrogen (secondary N) is 1. The highest BCUT2D eigenvalue weighted by molar-refractivity contribution is 5.76. The van der Waals surface area contributed by atoms with Crippen LogP contribution in [0.1, 0.15) is 24.8 Å². The molecule has 2 aromatic rings. The highest BCUT2D eigenvalue weighted by Crippen LogP contribution is 2.17. The maximum absolute atomic E-state index is 13.6. The standard InChI is InChI=1S/C19H22FN3O/c20-17-8-2-1-6-15(17)10-11-19(24)22-16-7-5-13-23(14-16)18-9-3-4-12-21-18/h1-4,6,8-9,12,16H,5,7,10-11,13-14H2,(H,22,24)/t16-/m1/s1. The fourth-order valence-corrected chi connectivity index (χ4v) is 3.09. The summed E-state index contributed by atoms with van der Waals surface area (Å²) in [6, 6.07) is 12.6. The minimum atomic E-state index is -0.246. The lowest BCUT2D eigenvalue weighted by Gasteiger charge is -2.34. The molecule has 1 fully saturated rings. The number of carbonyl (C=O) groups is 1. The van der Waals surface area contributed by atoms with E-state index in [1.165, 1.54) is 6.07 Å². The second-order valence-electron chi connectivity index (χ2n) is 6.13. The first-order valence-electron chi connectivity index (χ1n) is 8.41. The van der Waals surface area contributed by atoms with E-state index in [2.05, 4.69) is 15.2 Å². The normalized spacial score (nSPS) is 17.5. The summed E-state index contributed by atoms with van der Waals surface area (Å²) < 4.78 is 13.6. The number of amides is 1. The van der Waals surface area contributed by atoms with Gasteiger partial charge < -0.3 is 10.2 Å². The molecule has 1 saturated heterocycles. The summed E-state index contributed by atoms with van der Waals surface area (Å²) in [5.41, 5.74) is 0.589. The zero-order valence-electron chi connectivity index (χ0n) is 13.6. The highest BCUT2D eigenvalue weighted by Gasteiger charge is 2.22. The van der Waals surface area contributed by atoms with Crippen LogP contribution in [0.3, 0.4) is 0 Å². The van der Waals surface area contributed by atoms with E-state index in [1.54, 1.807) is 24.4 Å². The van der Waals surface area contributed by atoms with Crippen LogP contribution in [0.15, 0.2) is 48.7 Å². The van der Waals surface area contributed by atoms with Crippen molar-refractivity contribution >= 4 is 11.7 Å². The van der Waals surface area contributed by atoms with Crippen molar-refractivity contribution < 1.29 is 9.18 Å². The van der Waals surface area contributed by atoms with Crippen LogP contribution >= 0.6 is 0 Å². The molecule has 3 rings (SSSR count). The van der Waals surface area contributed by atoms with Gasteiger partial charge in [-0.2, -0.15) is 0 Å². The Hall–Kier alpha value is -2.43. The summed E-state index contributed by atoms with van der Waals surface area (Å²) in [5, 5.41) is 3.08. The number of piperidine rings is 1. The third-order valence-corrected chi connectivity index (χ3v) is 4.34. The average molecular weight is 327 g/mol. The molecule has 0 aliphatic carbocycles. The van der Waals surface area contributed by atoms with Crippen LogP contribution in [0.25, 0.3) is 0 Å². The summed E-state index contributed by atoms with van der Waals surface area (Å²) in [7, 11) is 0. The van der Waals surface area contributed by atoms with Crippen molar-refractivity contribution in [3.05, 3.63) is 60.0 Å². The van der Waals surface area contributed by atoms with E-state index in [1.807, 2.05) is 18.2 Å². The number of benzene rings is 1. The van der Waals surface area contributed by atoms with Crippen molar-refractivity contribution in [1.82, 2.24) is 10.3 Å². The molecule has 1 atom stereocenters. The van der Waals surface area contributed by atoms with Crippen LogP contribution in [-0.2, 0) is 11.2 Å². The van der Waals surface area contributed by atoms with Gasteiger partial charge in [-0.05, 0) is 43.0 Å². The van der Waals surface area contributed by atoms with Gasteiger partial charge in [0.05, 0.1) is 0 Å². The molecule has 0 bridgehead atoms. The monoisotopic (exact) mass is 327 g/mol. The molecule has 1 aromatic carbocycles. The predicted octanol–water partition coefficient (Wildman–Crippen LogP) is 2.94. The van der Waals surface area contributed by atoms with E-state index in [-0.39, 0.29) is 17.8 Å². The fraction of sp³-hybridized carbons (Fsp3) is 0.368. The predicted molar refractivity (Wildman–Crippen MR) is 92.3 cm³/mol. The fourth-order valence-electron chi connectivity index (χ4n) is 3.09. The van der Waals surface area contributed by atoms with Crippen LogP contribution in [0, 0.1) is 5.82 Å². The van der Waals surface area contributed by atoms with Crippen LogP contribution < -0.4 is 10.2 Å². The van der Waals surface area contributed by atoms with Gasteiger partial charge in [-0.3, -0.25) is 4.79 Å². The lowest BCUT2D eigenvalue weighted by molar-refractivity contribution is -0.121. The maximum atomic E-state index is 13.6. The van der Waals surface area contributed by atoms with Gasteiger partial charge >= 0.3 is 0 Å². The van der Waals surface area contributed by atoms with Crippen molar-refractivity contribution in [3.8, 4) is 0 Å². The molecule has 24 heavy (non-hydrogen) atoms. The first-order valence-corrected chi connectivity index (χ1v) is 8.41. The van der Waals surface area contributed by atoms with E-state index in [0.717, 1.165) is 31.7 Å². The lowest BCUT2D eigenvalue weighted by Crippen LogP contribution is -2.48. The zero-order chi connectivity index (χ0) is 16.8. The molecular formula is C19H22FN3O. The maximum Gasteiger partial charge on any atom is 0.220 e. The van der Waals surface area contributed by atoms with E-state index >= 15 is 0 Å². The summed E-state index contributed by atoms with van der Waals surface area (Å²) in [6.07, 6.45) is 4.51. The van der Waals surface area contributed by atoms with Gasteiger partial charge in [-0.1, -0.05) is 24.3 Å². The largest absolute Gasteiger partial charge is 0.355 e. The third kappa shape index (κ3) is 4.31. The van der Waals surface area contributed by atoms with Gasteiger partial charge in [-0.15, -0.1) is 0 Å². The summed E-state index contributed by atoms with van der Waals surface area (Å²) in [4.78, 5) is 18.7. The Labute approximate surface area is 141 Å². The molecule has 1 N–H and O–H groups in total. The minimum absolute atomic E-state index is 0.0221. The quantitative estimate of drug-likeness (QED) is 0.918. The molecule has 0 saturated carbocycles. The Morgan fingerprint density at radius 3 is 2.88 bits per heavy atom. The molecule has 4 nitrogen and oxygen atoms in total. The second-order valence-corrected chi connectivity index (χ2v) is 6.13. The van der Waals surface area contributed by atoms with Gasteiger partial charge in [0.25, 0.3) is 0 Å². The number of aromatic nitrogens is 1.